The van der Waals surface area contributed by atoms with Crippen molar-refractivity contribution in [3.05, 3.63) is 29.3 Å². The Hall–Kier alpha value is -1.27. The predicted molar refractivity (Wildman–Crippen MR) is 34.2 cm³/mol. The monoisotopic (exact) mass is 215 g/mol. The van der Waals surface area contributed by atoms with Gasteiger partial charge in [-0.1, -0.05) is 0 Å². The maximum atomic E-state index is 12.5. The van der Waals surface area contributed by atoms with Gasteiger partial charge in [0.25, 0.3) is 6.43 Å². The molecule has 1 nitrogen and oxygen atoms in total. The molecule has 0 aliphatic heterocycles. The summed E-state index contributed by atoms with van der Waals surface area (Å²) in [5.41, 5.74) is -2.67. The number of pyridine rings is 1. The molecule has 0 N–H and O–H groups in total. The number of aromatic nitrogens is 1. The highest BCUT2D eigenvalue weighted by molar-refractivity contribution is 5.18. The number of hydrogen-bond donors (Lipinski definition) is 0. The maximum absolute atomic E-state index is 12.5. The molecule has 0 saturated heterocycles. The standard InChI is InChI=1S/C7H3F6N/c8-5(9)3-1-2-4(7(11,12)13)14-6(3)10/h1-2,5H. The summed E-state index contributed by atoms with van der Waals surface area (Å²) in [7, 11) is 0. The zero-order chi connectivity index (χ0) is 10.9. The summed E-state index contributed by atoms with van der Waals surface area (Å²) in [6, 6.07) is 0.681. The predicted octanol–water partition coefficient (Wildman–Crippen LogP) is 3.18. The molecule has 0 saturated carbocycles. The molecule has 0 spiro atoms. The van der Waals surface area contributed by atoms with Crippen molar-refractivity contribution in [2.75, 3.05) is 0 Å². The second-order valence-electron chi connectivity index (χ2n) is 2.37. The third kappa shape index (κ3) is 2.15. The van der Waals surface area contributed by atoms with Gasteiger partial charge in [-0.2, -0.15) is 17.6 Å². The summed E-state index contributed by atoms with van der Waals surface area (Å²) < 4.78 is 72.0. The number of nitrogens with zero attached hydrogens (tertiary/aromatic N) is 1. The lowest BCUT2D eigenvalue weighted by Gasteiger charge is -2.07. The van der Waals surface area contributed by atoms with E-state index in [-0.39, 0.29) is 0 Å². The molecule has 78 valence electrons. The Balaban J connectivity index is 3.13. The summed E-state index contributed by atoms with van der Waals surface area (Å²) in [6.07, 6.45) is -8.01. The van der Waals surface area contributed by atoms with Crippen LogP contribution in [0.2, 0.25) is 0 Å². The average molecular weight is 215 g/mol. The summed E-state index contributed by atoms with van der Waals surface area (Å²) >= 11 is 0. The highest BCUT2D eigenvalue weighted by Crippen LogP contribution is 2.29. The topological polar surface area (TPSA) is 12.9 Å². The molecule has 0 aromatic carbocycles. The molecule has 7 heteroatoms. The van der Waals surface area contributed by atoms with Gasteiger partial charge < -0.3 is 0 Å². The first-order valence-corrected chi connectivity index (χ1v) is 3.34. The number of rotatable bonds is 1. The van der Waals surface area contributed by atoms with Gasteiger partial charge in [-0.05, 0) is 12.1 Å². The maximum Gasteiger partial charge on any atom is 0.433 e. The normalized spacial score (nSPS) is 12.2. The van der Waals surface area contributed by atoms with Crippen LogP contribution in [0, 0.1) is 5.95 Å². The van der Waals surface area contributed by atoms with E-state index in [1.165, 1.54) is 0 Å². The zero-order valence-electron chi connectivity index (χ0n) is 6.45. The quantitative estimate of drug-likeness (QED) is 0.517. The Labute approximate surface area is 74.4 Å². The van der Waals surface area contributed by atoms with Crippen molar-refractivity contribution < 1.29 is 26.3 Å². The van der Waals surface area contributed by atoms with E-state index in [0.717, 1.165) is 0 Å². The van der Waals surface area contributed by atoms with Gasteiger partial charge in [-0.15, -0.1) is 0 Å². The van der Waals surface area contributed by atoms with Crippen molar-refractivity contribution in [1.29, 1.82) is 0 Å². The fourth-order valence-corrected chi connectivity index (χ4v) is 0.766. The second-order valence-corrected chi connectivity index (χ2v) is 2.37. The van der Waals surface area contributed by atoms with Gasteiger partial charge in [-0.25, -0.2) is 13.8 Å². The first-order chi connectivity index (χ1) is 6.32. The molecule has 0 amide bonds. The van der Waals surface area contributed by atoms with E-state index in [0.29, 0.717) is 12.1 Å². The second kappa shape index (κ2) is 3.47. The summed E-state index contributed by atoms with van der Waals surface area (Å²) in [6.45, 7) is 0. The minimum Gasteiger partial charge on any atom is -0.215 e. The molecular weight excluding hydrogens is 212 g/mol. The fourth-order valence-electron chi connectivity index (χ4n) is 0.766. The van der Waals surface area contributed by atoms with E-state index >= 15 is 0 Å². The Morgan fingerprint density at radius 2 is 1.71 bits per heavy atom. The first-order valence-electron chi connectivity index (χ1n) is 3.34. The van der Waals surface area contributed by atoms with E-state index in [1.807, 2.05) is 0 Å². The minimum absolute atomic E-state index is 0.310. The van der Waals surface area contributed by atoms with Crippen LogP contribution in [0.5, 0.6) is 0 Å². The minimum atomic E-state index is -4.83. The van der Waals surface area contributed by atoms with Gasteiger partial charge in [0.2, 0.25) is 5.95 Å². The third-order valence-electron chi connectivity index (χ3n) is 1.40. The average Bonchev–Trinajstić information content (AvgIpc) is 2.01. The first kappa shape index (κ1) is 10.8. The number of hydrogen-bond acceptors (Lipinski definition) is 1. The molecule has 1 rings (SSSR count). The van der Waals surface area contributed by atoms with E-state index in [2.05, 4.69) is 4.98 Å². The smallest absolute Gasteiger partial charge is 0.215 e. The van der Waals surface area contributed by atoms with Crippen molar-refractivity contribution in [3.8, 4) is 0 Å². The molecule has 0 fully saturated rings. The fraction of sp³-hybridized carbons (Fsp3) is 0.286. The zero-order valence-corrected chi connectivity index (χ0v) is 6.45. The Morgan fingerprint density at radius 1 is 1.14 bits per heavy atom. The van der Waals surface area contributed by atoms with Gasteiger partial charge in [0.1, 0.15) is 5.69 Å². The van der Waals surface area contributed by atoms with E-state index in [1.54, 1.807) is 0 Å². The van der Waals surface area contributed by atoms with E-state index < -0.39 is 29.8 Å². The number of alkyl halides is 5. The summed E-state index contributed by atoms with van der Waals surface area (Å²) in [5.74, 6) is -1.80. The van der Waals surface area contributed by atoms with Gasteiger partial charge in [-0.3, -0.25) is 0 Å². The molecule has 0 bridgehead atoms. The van der Waals surface area contributed by atoms with Crippen LogP contribution in [-0.2, 0) is 6.18 Å². The van der Waals surface area contributed by atoms with Gasteiger partial charge >= 0.3 is 6.18 Å². The molecule has 1 heterocycles. The lowest BCUT2D eigenvalue weighted by Crippen LogP contribution is -2.10. The third-order valence-corrected chi connectivity index (χ3v) is 1.40. The largest absolute Gasteiger partial charge is 0.433 e. The summed E-state index contributed by atoms with van der Waals surface area (Å²) in [5, 5.41) is 0. The van der Waals surface area contributed by atoms with Crippen LogP contribution in [0.1, 0.15) is 17.7 Å². The van der Waals surface area contributed by atoms with E-state index in [4.69, 9.17) is 0 Å². The van der Waals surface area contributed by atoms with Crippen molar-refractivity contribution in [1.82, 2.24) is 4.98 Å². The van der Waals surface area contributed by atoms with Crippen LogP contribution in [0.3, 0.4) is 0 Å². The molecule has 14 heavy (non-hydrogen) atoms. The molecule has 0 aliphatic carbocycles. The number of halogens is 6. The van der Waals surface area contributed by atoms with Crippen LogP contribution < -0.4 is 0 Å². The van der Waals surface area contributed by atoms with Crippen molar-refractivity contribution in [2.24, 2.45) is 0 Å². The van der Waals surface area contributed by atoms with Gasteiger partial charge in [0.15, 0.2) is 0 Å². The molecule has 1 aromatic heterocycles. The highest BCUT2D eigenvalue weighted by atomic mass is 19.4. The van der Waals surface area contributed by atoms with Crippen LogP contribution in [-0.4, -0.2) is 4.98 Å². The summed E-state index contributed by atoms with van der Waals surface area (Å²) in [4.78, 5) is 2.39. The van der Waals surface area contributed by atoms with Crippen LogP contribution in [0.4, 0.5) is 26.3 Å². The van der Waals surface area contributed by atoms with Crippen LogP contribution >= 0.6 is 0 Å². The Kier molecular flexibility index (Phi) is 2.68. The Bertz CT molecular complexity index is 331. The Morgan fingerprint density at radius 3 is 2.07 bits per heavy atom. The lowest BCUT2D eigenvalue weighted by molar-refractivity contribution is -0.141. The molecule has 0 aliphatic rings. The van der Waals surface area contributed by atoms with Crippen molar-refractivity contribution >= 4 is 0 Å². The SMILES string of the molecule is Fc1nc(C(F)(F)F)ccc1C(F)F. The van der Waals surface area contributed by atoms with Gasteiger partial charge in [0.05, 0.1) is 5.56 Å². The van der Waals surface area contributed by atoms with Crippen molar-refractivity contribution in [2.45, 2.75) is 12.6 Å². The molecular formula is C7H3F6N. The van der Waals surface area contributed by atoms with Crippen LogP contribution in [0.15, 0.2) is 12.1 Å². The van der Waals surface area contributed by atoms with Gasteiger partial charge in [0, 0.05) is 0 Å². The molecule has 0 radical (unpaired) electrons. The van der Waals surface area contributed by atoms with Crippen LogP contribution in [0.25, 0.3) is 0 Å². The highest BCUT2D eigenvalue weighted by Gasteiger charge is 2.33. The van der Waals surface area contributed by atoms with Crippen molar-refractivity contribution in [3.63, 3.8) is 0 Å². The molecule has 0 unspecified atom stereocenters. The van der Waals surface area contributed by atoms with E-state index in [9.17, 15) is 26.3 Å². The lowest BCUT2D eigenvalue weighted by atomic mass is 10.2. The molecule has 1 aromatic rings. The molecule has 0 atom stereocenters.